The van der Waals surface area contributed by atoms with Gasteiger partial charge in [-0.1, -0.05) is 19.1 Å². The molecule has 2 heteroatoms. The van der Waals surface area contributed by atoms with Crippen LogP contribution in [0.4, 0.5) is 0 Å². The maximum atomic E-state index is 11.2. The summed E-state index contributed by atoms with van der Waals surface area (Å²) in [5, 5.41) is 0. The van der Waals surface area contributed by atoms with Crippen molar-refractivity contribution in [1.29, 1.82) is 0 Å². The van der Waals surface area contributed by atoms with Crippen molar-refractivity contribution in [2.24, 2.45) is 11.8 Å². The SMILES string of the molecule is C=C1CCCC1CC(C)C(=O)OC. The van der Waals surface area contributed by atoms with Crippen molar-refractivity contribution in [2.75, 3.05) is 7.11 Å². The van der Waals surface area contributed by atoms with Crippen molar-refractivity contribution >= 4 is 5.97 Å². The van der Waals surface area contributed by atoms with E-state index >= 15 is 0 Å². The monoisotopic (exact) mass is 182 g/mol. The highest BCUT2D eigenvalue weighted by Gasteiger charge is 2.24. The Morgan fingerprint density at radius 2 is 2.46 bits per heavy atom. The molecule has 1 aliphatic carbocycles. The van der Waals surface area contributed by atoms with Crippen LogP contribution in [0.1, 0.15) is 32.6 Å². The summed E-state index contributed by atoms with van der Waals surface area (Å²) in [6, 6.07) is 0. The molecule has 1 saturated carbocycles. The third-order valence-electron chi connectivity index (χ3n) is 2.87. The van der Waals surface area contributed by atoms with Crippen molar-refractivity contribution in [2.45, 2.75) is 32.6 Å². The zero-order valence-corrected chi connectivity index (χ0v) is 8.51. The van der Waals surface area contributed by atoms with Crippen molar-refractivity contribution in [3.8, 4) is 0 Å². The van der Waals surface area contributed by atoms with Gasteiger partial charge in [-0.2, -0.15) is 0 Å². The van der Waals surface area contributed by atoms with E-state index in [-0.39, 0.29) is 11.9 Å². The lowest BCUT2D eigenvalue weighted by Gasteiger charge is -2.15. The second kappa shape index (κ2) is 4.45. The molecule has 74 valence electrons. The zero-order chi connectivity index (χ0) is 9.84. The van der Waals surface area contributed by atoms with Gasteiger partial charge in [0.15, 0.2) is 0 Å². The van der Waals surface area contributed by atoms with Gasteiger partial charge < -0.3 is 4.74 Å². The molecule has 0 saturated heterocycles. The molecule has 2 unspecified atom stereocenters. The minimum Gasteiger partial charge on any atom is -0.469 e. The number of esters is 1. The molecule has 1 rings (SSSR count). The first-order valence-electron chi connectivity index (χ1n) is 4.90. The summed E-state index contributed by atoms with van der Waals surface area (Å²) in [5.41, 5.74) is 1.32. The smallest absolute Gasteiger partial charge is 0.308 e. The zero-order valence-electron chi connectivity index (χ0n) is 8.51. The van der Waals surface area contributed by atoms with E-state index in [0.29, 0.717) is 5.92 Å². The molecule has 0 radical (unpaired) electrons. The van der Waals surface area contributed by atoms with Gasteiger partial charge in [-0.25, -0.2) is 0 Å². The molecule has 2 nitrogen and oxygen atoms in total. The summed E-state index contributed by atoms with van der Waals surface area (Å²) in [6.07, 6.45) is 4.47. The molecule has 2 atom stereocenters. The fourth-order valence-corrected chi connectivity index (χ4v) is 1.99. The lowest BCUT2D eigenvalue weighted by atomic mass is 9.92. The Bertz CT molecular complexity index is 208. The molecular weight excluding hydrogens is 164 g/mol. The number of rotatable bonds is 3. The fourth-order valence-electron chi connectivity index (χ4n) is 1.99. The quantitative estimate of drug-likeness (QED) is 0.495. The Morgan fingerprint density at radius 1 is 1.77 bits per heavy atom. The normalized spacial score (nSPS) is 24.5. The maximum absolute atomic E-state index is 11.2. The van der Waals surface area contributed by atoms with Gasteiger partial charge >= 0.3 is 5.97 Å². The van der Waals surface area contributed by atoms with Crippen molar-refractivity contribution < 1.29 is 9.53 Å². The van der Waals surface area contributed by atoms with Gasteiger partial charge in [-0.3, -0.25) is 4.79 Å². The Kier molecular flexibility index (Phi) is 3.52. The molecule has 0 bridgehead atoms. The van der Waals surface area contributed by atoms with E-state index in [2.05, 4.69) is 11.3 Å². The lowest BCUT2D eigenvalue weighted by molar-refractivity contribution is -0.145. The molecule has 1 fully saturated rings. The summed E-state index contributed by atoms with van der Waals surface area (Å²) in [4.78, 5) is 11.2. The molecule has 13 heavy (non-hydrogen) atoms. The minimum absolute atomic E-state index is 0.0184. The average Bonchev–Trinajstić information content (AvgIpc) is 2.50. The van der Waals surface area contributed by atoms with Crippen LogP contribution in [0.2, 0.25) is 0 Å². The van der Waals surface area contributed by atoms with Gasteiger partial charge in [0.05, 0.1) is 13.0 Å². The molecule has 1 aliphatic rings. The standard InChI is InChI=1S/C11H18O2/c1-8-5-4-6-10(8)7-9(2)11(12)13-3/h9-10H,1,4-7H2,2-3H3. The first-order chi connectivity index (χ1) is 6.15. The lowest BCUT2D eigenvalue weighted by Crippen LogP contribution is -2.16. The number of methoxy groups -OCH3 is 1. The van der Waals surface area contributed by atoms with E-state index < -0.39 is 0 Å². The Morgan fingerprint density at radius 3 is 2.92 bits per heavy atom. The van der Waals surface area contributed by atoms with E-state index in [1.54, 1.807) is 0 Å². The number of carbonyl (C=O) groups excluding carboxylic acids is 1. The molecular formula is C11H18O2. The van der Waals surface area contributed by atoms with E-state index in [1.165, 1.54) is 25.5 Å². The summed E-state index contributed by atoms with van der Waals surface area (Å²) < 4.78 is 4.69. The molecule has 0 amide bonds. The number of hydrogen-bond donors (Lipinski definition) is 0. The first kappa shape index (κ1) is 10.3. The molecule has 0 aromatic carbocycles. The van der Waals surface area contributed by atoms with E-state index in [9.17, 15) is 4.79 Å². The number of carbonyl (C=O) groups is 1. The Balaban J connectivity index is 2.39. The van der Waals surface area contributed by atoms with Crippen LogP contribution in [0.25, 0.3) is 0 Å². The molecule has 0 aromatic heterocycles. The van der Waals surface area contributed by atoms with Gasteiger partial charge in [-0.15, -0.1) is 0 Å². The van der Waals surface area contributed by atoms with Crippen molar-refractivity contribution in [3.05, 3.63) is 12.2 Å². The summed E-state index contributed by atoms with van der Waals surface area (Å²) in [6.45, 7) is 5.95. The van der Waals surface area contributed by atoms with E-state index in [4.69, 9.17) is 0 Å². The van der Waals surface area contributed by atoms with Gasteiger partial charge in [0.1, 0.15) is 0 Å². The minimum atomic E-state index is -0.0975. The molecule has 0 spiro atoms. The Hall–Kier alpha value is -0.790. The van der Waals surface area contributed by atoms with Crippen molar-refractivity contribution in [1.82, 2.24) is 0 Å². The number of ether oxygens (including phenoxy) is 1. The molecule has 0 N–H and O–H groups in total. The van der Waals surface area contributed by atoms with E-state index in [1.807, 2.05) is 6.92 Å². The fraction of sp³-hybridized carbons (Fsp3) is 0.727. The number of hydrogen-bond acceptors (Lipinski definition) is 2. The predicted molar refractivity (Wildman–Crippen MR) is 52.3 cm³/mol. The highest BCUT2D eigenvalue weighted by atomic mass is 16.5. The number of allylic oxidation sites excluding steroid dienone is 1. The molecule has 0 aliphatic heterocycles. The second-order valence-corrected chi connectivity index (χ2v) is 3.91. The van der Waals surface area contributed by atoms with Crippen molar-refractivity contribution in [3.63, 3.8) is 0 Å². The maximum Gasteiger partial charge on any atom is 0.308 e. The van der Waals surface area contributed by atoms with Crippen LogP contribution in [0, 0.1) is 11.8 Å². The average molecular weight is 182 g/mol. The van der Waals surface area contributed by atoms with Crippen LogP contribution in [-0.2, 0) is 9.53 Å². The van der Waals surface area contributed by atoms with Crippen LogP contribution >= 0.6 is 0 Å². The van der Waals surface area contributed by atoms with Gasteiger partial charge in [0, 0.05) is 0 Å². The first-order valence-corrected chi connectivity index (χ1v) is 4.90. The van der Waals surface area contributed by atoms with E-state index in [0.717, 1.165) is 12.8 Å². The topological polar surface area (TPSA) is 26.3 Å². The third kappa shape index (κ3) is 2.58. The van der Waals surface area contributed by atoms with Gasteiger partial charge in [0.2, 0.25) is 0 Å². The second-order valence-electron chi connectivity index (χ2n) is 3.91. The van der Waals surface area contributed by atoms with Crippen LogP contribution in [0.5, 0.6) is 0 Å². The molecule has 0 aromatic rings. The van der Waals surface area contributed by atoms with Crippen LogP contribution in [-0.4, -0.2) is 13.1 Å². The third-order valence-corrected chi connectivity index (χ3v) is 2.87. The largest absolute Gasteiger partial charge is 0.469 e. The predicted octanol–water partition coefficient (Wildman–Crippen LogP) is 2.54. The molecule has 0 heterocycles. The summed E-state index contributed by atoms with van der Waals surface area (Å²) >= 11 is 0. The highest BCUT2D eigenvalue weighted by molar-refractivity contribution is 5.71. The summed E-state index contributed by atoms with van der Waals surface area (Å²) in [7, 11) is 1.45. The Labute approximate surface area is 80.0 Å². The van der Waals surface area contributed by atoms with Crippen LogP contribution < -0.4 is 0 Å². The van der Waals surface area contributed by atoms with Crippen LogP contribution in [0.3, 0.4) is 0 Å². The summed E-state index contributed by atoms with van der Waals surface area (Å²) in [5.74, 6) is 0.471. The van der Waals surface area contributed by atoms with Gasteiger partial charge in [0.25, 0.3) is 0 Å². The highest BCUT2D eigenvalue weighted by Crippen LogP contribution is 2.34. The van der Waals surface area contributed by atoms with Crippen LogP contribution in [0.15, 0.2) is 12.2 Å². The van der Waals surface area contributed by atoms with Gasteiger partial charge in [-0.05, 0) is 31.6 Å².